The van der Waals surface area contributed by atoms with E-state index in [4.69, 9.17) is 4.98 Å². The van der Waals surface area contributed by atoms with Crippen LogP contribution in [0, 0.1) is 22.7 Å². The van der Waals surface area contributed by atoms with Gasteiger partial charge in [0.15, 0.2) is 0 Å². The Kier molecular flexibility index (Phi) is 6.40. The average Bonchev–Trinajstić information content (AvgIpc) is 3.29. The van der Waals surface area contributed by atoms with Gasteiger partial charge in [0.05, 0.1) is 0 Å². The molecule has 1 unspecified atom stereocenters. The van der Waals surface area contributed by atoms with Gasteiger partial charge in [-0.25, -0.2) is 0 Å². The Morgan fingerprint density at radius 2 is 1.66 bits per heavy atom. The monoisotopic (exact) mass is 525 g/mol. The number of benzene rings is 2. The SMILES string of the molecule is N#Cc1ccccc1Cn1c(N2CCC[C@@H]([AsH2])C2)nc2c(ncn2Cc2ccccc2C#N)c1=O. The molecule has 1 aliphatic heterocycles. The molecular formula is C26H24AsN7O. The van der Waals surface area contributed by atoms with Gasteiger partial charge in [-0.15, -0.1) is 0 Å². The van der Waals surface area contributed by atoms with E-state index in [0.717, 1.165) is 30.6 Å². The van der Waals surface area contributed by atoms with E-state index < -0.39 is 0 Å². The molecule has 174 valence electrons. The second-order valence-corrected chi connectivity index (χ2v) is 10.7. The predicted octanol–water partition coefficient (Wildman–Crippen LogP) is 2.45. The molecule has 0 bridgehead atoms. The fraction of sp³-hybridized carbons (Fsp3) is 0.269. The van der Waals surface area contributed by atoms with Crippen molar-refractivity contribution >= 4 is 34.0 Å². The van der Waals surface area contributed by atoms with Crippen molar-refractivity contribution in [1.82, 2.24) is 19.1 Å². The maximum atomic E-state index is 13.8. The van der Waals surface area contributed by atoms with E-state index >= 15 is 0 Å². The van der Waals surface area contributed by atoms with E-state index in [-0.39, 0.29) is 17.6 Å². The van der Waals surface area contributed by atoms with Crippen molar-refractivity contribution in [2.45, 2.75) is 30.6 Å². The Morgan fingerprint density at radius 3 is 2.31 bits per heavy atom. The maximum absolute atomic E-state index is 13.8. The van der Waals surface area contributed by atoms with Crippen molar-refractivity contribution in [2.75, 3.05) is 18.0 Å². The normalized spacial score (nSPS) is 15.6. The molecule has 0 saturated carbocycles. The van der Waals surface area contributed by atoms with Crippen molar-refractivity contribution < 1.29 is 0 Å². The van der Waals surface area contributed by atoms with Crippen LogP contribution in [-0.2, 0) is 13.1 Å². The molecule has 2 aromatic carbocycles. The van der Waals surface area contributed by atoms with Crippen LogP contribution < -0.4 is 10.5 Å². The summed E-state index contributed by atoms with van der Waals surface area (Å²) in [4.78, 5) is 25.3. The zero-order valence-electron chi connectivity index (χ0n) is 19.1. The number of rotatable bonds is 5. The quantitative estimate of drug-likeness (QED) is 0.371. The van der Waals surface area contributed by atoms with Gasteiger partial charge >= 0.3 is 212 Å². The Hall–Kier alpha value is -3.87. The van der Waals surface area contributed by atoms with E-state index in [9.17, 15) is 15.3 Å². The molecule has 5 rings (SSSR count). The van der Waals surface area contributed by atoms with Crippen LogP contribution in [0.5, 0.6) is 0 Å². The van der Waals surface area contributed by atoms with Gasteiger partial charge in [-0.1, -0.05) is 0 Å². The minimum atomic E-state index is -0.228. The Bertz CT molecular complexity index is 1540. The molecule has 0 amide bonds. The molecule has 1 aliphatic rings. The van der Waals surface area contributed by atoms with Crippen LogP contribution in [0.25, 0.3) is 11.2 Å². The number of fused-ring (bicyclic) bond motifs is 1. The van der Waals surface area contributed by atoms with Crippen molar-refractivity contribution in [3.63, 3.8) is 0 Å². The van der Waals surface area contributed by atoms with Gasteiger partial charge in [-0.3, -0.25) is 0 Å². The zero-order valence-corrected chi connectivity index (χ0v) is 21.6. The van der Waals surface area contributed by atoms with Gasteiger partial charge in [0.2, 0.25) is 0 Å². The summed E-state index contributed by atoms with van der Waals surface area (Å²) < 4.78 is 4.04. The fourth-order valence-corrected chi connectivity index (χ4v) is 5.63. The zero-order chi connectivity index (χ0) is 24.4. The molecule has 2 atom stereocenters. The minimum absolute atomic E-state index is 0.228. The molecule has 0 radical (unpaired) electrons. The molecular weight excluding hydrogens is 501 g/mol. The van der Waals surface area contributed by atoms with Crippen molar-refractivity contribution in [3.05, 3.63) is 87.5 Å². The first-order valence-corrected chi connectivity index (χ1v) is 12.9. The summed E-state index contributed by atoms with van der Waals surface area (Å²) in [6.45, 7) is 2.31. The summed E-state index contributed by atoms with van der Waals surface area (Å²) in [5.41, 5.74) is 3.31. The summed E-state index contributed by atoms with van der Waals surface area (Å²) in [6, 6.07) is 19.2. The summed E-state index contributed by atoms with van der Waals surface area (Å²) in [5, 5.41) is 19.1. The van der Waals surface area contributed by atoms with Crippen molar-refractivity contribution in [3.8, 4) is 12.1 Å². The molecule has 1 saturated heterocycles. The fourth-order valence-electron chi connectivity index (χ4n) is 4.60. The van der Waals surface area contributed by atoms with Gasteiger partial charge in [-0.05, 0) is 0 Å². The number of aromatic nitrogens is 4. The van der Waals surface area contributed by atoms with Crippen LogP contribution in [0.1, 0.15) is 35.1 Å². The number of piperidine rings is 1. The molecule has 0 N–H and O–H groups in total. The number of anilines is 1. The third-order valence-corrected chi connectivity index (χ3v) is 7.53. The summed E-state index contributed by atoms with van der Waals surface area (Å²) >= 11 is 1.70. The molecule has 35 heavy (non-hydrogen) atoms. The number of nitrogens with zero attached hydrogens (tertiary/aromatic N) is 7. The third kappa shape index (κ3) is 4.46. The van der Waals surface area contributed by atoms with E-state index in [1.165, 1.54) is 6.42 Å². The first kappa shape index (κ1) is 22.9. The van der Waals surface area contributed by atoms with Gasteiger partial charge in [0, 0.05) is 0 Å². The molecule has 8 nitrogen and oxygen atoms in total. The second kappa shape index (κ2) is 9.78. The molecule has 9 heteroatoms. The van der Waals surface area contributed by atoms with Gasteiger partial charge in [0.1, 0.15) is 0 Å². The van der Waals surface area contributed by atoms with Gasteiger partial charge < -0.3 is 0 Å². The van der Waals surface area contributed by atoms with E-state index in [1.54, 1.807) is 39.9 Å². The summed E-state index contributed by atoms with van der Waals surface area (Å²) in [6.07, 6.45) is 3.83. The van der Waals surface area contributed by atoms with Gasteiger partial charge in [-0.2, -0.15) is 0 Å². The summed E-state index contributed by atoms with van der Waals surface area (Å²) in [7, 11) is 0. The Labute approximate surface area is 211 Å². The van der Waals surface area contributed by atoms with Crippen LogP contribution in [0.3, 0.4) is 0 Å². The predicted molar refractivity (Wildman–Crippen MR) is 136 cm³/mol. The van der Waals surface area contributed by atoms with E-state index in [2.05, 4.69) is 22.0 Å². The van der Waals surface area contributed by atoms with Crippen molar-refractivity contribution in [2.24, 2.45) is 0 Å². The average molecular weight is 525 g/mol. The van der Waals surface area contributed by atoms with Crippen molar-refractivity contribution in [1.29, 1.82) is 10.5 Å². The number of hydrogen-bond donors (Lipinski definition) is 0. The van der Waals surface area contributed by atoms with Gasteiger partial charge in [0.25, 0.3) is 0 Å². The van der Waals surface area contributed by atoms with Crippen LogP contribution in [0.15, 0.2) is 59.7 Å². The molecule has 3 heterocycles. The number of nitriles is 2. The standard InChI is InChI=1S/C26H24AsN7O/c27-22-10-5-11-32(16-22)26-31-24-23(25(35)34(26)15-21-9-4-2-7-19(21)13-29)30-17-33(24)14-20-8-3-1-6-18(20)12-28/h1-4,6-9,17,22H,5,10-11,14-16,27H2/t22-/m1/s1. The first-order chi connectivity index (χ1) is 17.1. The molecule has 1 fully saturated rings. The van der Waals surface area contributed by atoms with Crippen LogP contribution in [0.4, 0.5) is 5.95 Å². The topological polar surface area (TPSA) is 104 Å². The summed E-state index contributed by atoms with van der Waals surface area (Å²) in [5.74, 6) is 0.605. The first-order valence-electron chi connectivity index (χ1n) is 11.5. The third-order valence-electron chi connectivity index (χ3n) is 6.39. The van der Waals surface area contributed by atoms with Crippen LogP contribution in [0.2, 0.25) is 4.71 Å². The number of imidazole rings is 1. The number of hydrogen-bond acceptors (Lipinski definition) is 6. The molecule has 0 spiro atoms. The Balaban J connectivity index is 1.65. The van der Waals surface area contributed by atoms with E-state index in [0.29, 0.717) is 34.0 Å². The molecule has 0 aliphatic carbocycles. The van der Waals surface area contributed by atoms with Crippen LogP contribution >= 0.6 is 0 Å². The molecule has 2 aromatic heterocycles. The Morgan fingerprint density at radius 1 is 1.00 bits per heavy atom. The molecule has 4 aromatic rings. The second-order valence-electron chi connectivity index (χ2n) is 8.73. The van der Waals surface area contributed by atoms with E-state index in [1.807, 2.05) is 41.0 Å². The van der Waals surface area contributed by atoms with Crippen LogP contribution in [-0.4, -0.2) is 49.0 Å².